The normalized spacial score (nSPS) is 29.4. The van der Waals surface area contributed by atoms with Gasteiger partial charge in [-0.05, 0) is 33.6 Å². The summed E-state index contributed by atoms with van der Waals surface area (Å²) in [4.78, 5) is 8.87. The lowest BCUT2D eigenvalue weighted by molar-refractivity contribution is -0.0739. The summed E-state index contributed by atoms with van der Waals surface area (Å²) in [5, 5.41) is 3.49. The minimum Gasteiger partial charge on any atom is -0.460 e. The summed E-state index contributed by atoms with van der Waals surface area (Å²) < 4.78 is 11.7. The highest BCUT2D eigenvalue weighted by molar-refractivity contribution is 5.18. The highest BCUT2D eigenvalue weighted by Gasteiger charge is 2.26. The van der Waals surface area contributed by atoms with Gasteiger partial charge in [0.15, 0.2) is 0 Å². The first kappa shape index (κ1) is 14.7. The van der Waals surface area contributed by atoms with Crippen LogP contribution < -0.4 is 10.1 Å². The van der Waals surface area contributed by atoms with Gasteiger partial charge in [-0.3, -0.25) is 0 Å². The summed E-state index contributed by atoms with van der Waals surface area (Å²) in [5.74, 6) is 0. The minimum absolute atomic E-state index is 0.151. The molecule has 2 fully saturated rings. The van der Waals surface area contributed by atoms with Crippen LogP contribution in [0.15, 0.2) is 6.20 Å². The van der Waals surface area contributed by atoms with Crippen molar-refractivity contribution in [1.29, 1.82) is 0 Å². The van der Waals surface area contributed by atoms with Crippen LogP contribution >= 0.6 is 0 Å². The van der Waals surface area contributed by atoms with Crippen LogP contribution in [0.3, 0.4) is 0 Å². The summed E-state index contributed by atoms with van der Waals surface area (Å²) in [6.07, 6.45) is 6.90. The molecule has 2 atom stereocenters. The van der Waals surface area contributed by atoms with Crippen molar-refractivity contribution in [2.75, 3.05) is 0 Å². The number of hydrogen-bond acceptors (Lipinski definition) is 5. The zero-order valence-electron chi connectivity index (χ0n) is 13.1. The Hall–Kier alpha value is -1.20. The second kappa shape index (κ2) is 6.28. The Morgan fingerprint density at radius 2 is 2.00 bits per heavy atom. The van der Waals surface area contributed by atoms with Crippen molar-refractivity contribution in [3.8, 4) is 6.01 Å². The number of ether oxygens (including phenoxy) is 2. The van der Waals surface area contributed by atoms with Crippen molar-refractivity contribution in [2.24, 2.45) is 0 Å². The highest BCUT2D eigenvalue weighted by atomic mass is 16.5. The molecular formula is C16H25N3O2. The molecule has 5 heteroatoms. The molecule has 1 aromatic rings. The van der Waals surface area contributed by atoms with Crippen molar-refractivity contribution in [2.45, 2.75) is 77.4 Å². The molecule has 2 aliphatic rings. The van der Waals surface area contributed by atoms with E-state index in [-0.39, 0.29) is 18.3 Å². The summed E-state index contributed by atoms with van der Waals surface area (Å²) >= 11 is 0. The lowest BCUT2D eigenvalue weighted by Crippen LogP contribution is -2.36. The Labute approximate surface area is 126 Å². The quantitative estimate of drug-likeness (QED) is 0.902. The first-order valence-corrected chi connectivity index (χ1v) is 7.98. The van der Waals surface area contributed by atoms with Crippen LogP contribution in [0.1, 0.15) is 50.8 Å². The second-order valence-electron chi connectivity index (χ2n) is 6.39. The van der Waals surface area contributed by atoms with Crippen molar-refractivity contribution in [1.82, 2.24) is 15.3 Å². The number of nitrogens with one attached hydrogen (secondary N) is 1. The van der Waals surface area contributed by atoms with E-state index in [0.29, 0.717) is 12.1 Å². The minimum atomic E-state index is 0.151. The van der Waals surface area contributed by atoms with E-state index in [9.17, 15) is 0 Å². The predicted molar refractivity (Wildman–Crippen MR) is 80.3 cm³/mol. The Kier molecular flexibility index (Phi) is 4.40. The van der Waals surface area contributed by atoms with Gasteiger partial charge in [-0.1, -0.05) is 0 Å². The first-order valence-electron chi connectivity index (χ1n) is 7.98. The van der Waals surface area contributed by atoms with Gasteiger partial charge < -0.3 is 14.8 Å². The fraction of sp³-hybridized carbons (Fsp3) is 0.750. The Morgan fingerprint density at radius 3 is 2.62 bits per heavy atom. The predicted octanol–water partition coefficient (Wildman–Crippen LogP) is 2.37. The van der Waals surface area contributed by atoms with Gasteiger partial charge in [0.1, 0.15) is 6.10 Å². The van der Waals surface area contributed by atoms with Gasteiger partial charge in [0, 0.05) is 42.9 Å². The summed E-state index contributed by atoms with van der Waals surface area (Å²) in [5.41, 5.74) is 2.16. The zero-order valence-corrected chi connectivity index (χ0v) is 13.1. The number of aromatic nitrogens is 2. The molecule has 1 saturated carbocycles. The van der Waals surface area contributed by atoms with Gasteiger partial charge in [-0.25, -0.2) is 9.97 Å². The molecule has 3 rings (SSSR count). The molecule has 0 bridgehead atoms. The molecule has 2 heterocycles. The van der Waals surface area contributed by atoms with Crippen LogP contribution in [0.2, 0.25) is 0 Å². The van der Waals surface area contributed by atoms with Crippen molar-refractivity contribution < 1.29 is 9.47 Å². The molecule has 0 radical (unpaired) electrons. The van der Waals surface area contributed by atoms with E-state index in [1.165, 1.54) is 12.8 Å². The van der Waals surface area contributed by atoms with Crippen molar-refractivity contribution in [3.05, 3.63) is 17.5 Å². The molecule has 116 valence electrons. The fourth-order valence-corrected chi connectivity index (χ4v) is 2.83. The summed E-state index contributed by atoms with van der Waals surface area (Å²) in [6.45, 7) is 7.05. The third-order valence-corrected chi connectivity index (χ3v) is 4.14. The number of hydrogen-bond donors (Lipinski definition) is 1. The SMILES string of the molecule is Cc1nc(OC2CC(C)OC(C)C2)ncc1CNC1CC1. The average Bonchev–Trinajstić information content (AvgIpc) is 3.20. The standard InChI is InChI=1S/C16H25N3O2/c1-10-6-15(7-11(2)20-10)21-16-18-9-13(12(3)19-16)8-17-14-4-5-14/h9-11,14-15,17H,4-8H2,1-3H3. The zero-order chi connectivity index (χ0) is 14.8. The molecule has 21 heavy (non-hydrogen) atoms. The lowest BCUT2D eigenvalue weighted by atomic mass is 10.0. The molecule has 1 aliphatic carbocycles. The van der Waals surface area contributed by atoms with Crippen LogP contribution in [0.5, 0.6) is 6.01 Å². The van der Waals surface area contributed by atoms with E-state index >= 15 is 0 Å². The van der Waals surface area contributed by atoms with Crippen LogP contribution in [-0.4, -0.2) is 34.3 Å². The average molecular weight is 291 g/mol. The molecule has 1 saturated heterocycles. The number of nitrogens with zero attached hydrogens (tertiary/aromatic N) is 2. The number of rotatable bonds is 5. The topological polar surface area (TPSA) is 56.3 Å². The third kappa shape index (κ3) is 4.14. The van der Waals surface area contributed by atoms with Gasteiger partial charge in [0.2, 0.25) is 0 Å². The van der Waals surface area contributed by atoms with E-state index in [4.69, 9.17) is 9.47 Å². The molecule has 1 aliphatic heterocycles. The van der Waals surface area contributed by atoms with E-state index < -0.39 is 0 Å². The molecule has 5 nitrogen and oxygen atoms in total. The lowest BCUT2D eigenvalue weighted by Gasteiger charge is -2.31. The molecule has 0 aromatic carbocycles. The molecule has 1 aromatic heterocycles. The van der Waals surface area contributed by atoms with Gasteiger partial charge in [0.05, 0.1) is 12.2 Å². The smallest absolute Gasteiger partial charge is 0.316 e. The largest absolute Gasteiger partial charge is 0.460 e. The Morgan fingerprint density at radius 1 is 1.29 bits per heavy atom. The van der Waals surface area contributed by atoms with E-state index in [0.717, 1.165) is 30.6 Å². The van der Waals surface area contributed by atoms with Crippen LogP contribution in [-0.2, 0) is 11.3 Å². The second-order valence-corrected chi connectivity index (χ2v) is 6.39. The van der Waals surface area contributed by atoms with Crippen LogP contribution in [0.25, 0.3) is 0 Å². The van der Waals surface area contributed by atoms with Crippen LogP contribution in [0.4, 0.5) is 0 Å². The molecule has 0 spiro atoms. The summed E-state index contributed by atoms with van der Waals surface area (Å²) in [6, 6.07) is 1.19. The molecule has 0 amide bonds. The monoisotopic (exact) mass is 291 g/mol. The Balaban J connectivity index is 1.58. The van der Waals surface area contributed by atoms with E-state index in [1.54, 1.807) is 0 Å². The fourth-order valence-electron chi connectivity index (χ4n) is 2.83. The van der Waals surface area contributed by atoms with E-state index in [2.05, 4.69) is 29.1 Å². The molecular weight excluding hydrogens is 266 g/mol. The third-order valence-electron chi connectivity index (χ3n) is 4.14. The van der Waals surface area contributed by atoms with Crippen molar-refractivity contribution >= 4 is 0 Å². The maximum absolute atomic E-state index is 5.95. The molecule has 1 N–H and O–H groups in total. The highest BCUT2D eigenvalue weighted by Crippen LogP contribution is 2.23. The molecule has 2 unspecified atom stereocenters. The maximum atomic E-state index is 5.95. The summed E-state index contributed by atoms with van der Waals surface area (Å²) in [7, 11) is 0. The maximum Gasteiger partial charge on any atom is 0.316 e. The van der Waals surface area contributed by atoms with E-state index in [1.807, 2.05) is 13.1 Å². The van der Waals surface area contributed by atoms with Crippen LogP contribution in [0, 0.1) is 6.92 Å². The van der Waals surface area contributed by atoms with Crippen molar-refractivity contribution in [3.63, 3.8) is 0 Å². The van der Waals surface area contributed by atoms with Gasteiger partial charge in [-0.2, -0.15) is 0 Å². The number of aryl methyl sites for hydroxylation is 1. The van der Waals surface area contributed by atoms with Gasteiger partial charge in [0.25, 0.3) is 0 Å². The first-order chi connectivity index (χ1) is 10.1. The van der Waals surface area contributed by atoms with Gasteiger partial charge in [-0.15, -0.1) is 0 Å². The Bertz CT molecular complexity index is 480. The van der Waals surface area contributed by atoms with Gasteiger partial charge >= 0.3 is 6.01 Å².